The van der Waals surface area contributed by atoms with Crippen molar-refractivity contribution >= 4 is 5.91 Å². The molecule has 88 valence electrons. The average Bonchev–Trinajstić information content (AvgIpc) is 2.25. The molecule has 0 aliphatic carbocycles. The number of carbonyl (C=O) groups excluding carboxylic acids is 1. The van der Waals surface area contributed by atoms with E-state index >= 15 is 0 Å². The topological polar surface area (TPSA) is 41.1 Å². The van der Waals surface area contributed by atoms with Gasteiger partial charge in [0.2, 0.25) is 5.91 Å². The van der Waals surface area contributed by atoms with Gasteiger partial charge in [0.1, 0.15) is 0 Å². The predicted octanol–water partition coefficient (Wildman–Crippen LogP) is 1.68. The summed E-state index contributed by atoms with van der Waals surface area (Å²) < 4.78 is 0. The van der Waals surface area contributed by atoms with Gasteiger partial charge in [-0.2, -0.15) is 0 Å². The van der Waals surface area contributed by atoms with Crippen LogP contribution in [0.25, 0.3) is 0 Å². The van der Waals surface area contributed by atoms with Crippen molar-refractivity contribution in [3.05, 3.63) is 0 Å². The summed E-state index contributed by atoms with van der Waals surface area (Å²) in [6, 6.07) is 0.650. The van der Waals surface area contributed by atoms with Crippen molar-refractivity contribution in [1.29, 1.82) is 0 Å². The van der Waals surface area contributed by atoms with Gasteiger partial charge in [-0.15, -0.1) is 0 Å². The molecule has 2 N–H and O–H groups in total. The highest BCUT2D eigenvalue weighted by atomic mass is 16.1. The maximum absolute atomic E-state index is 11.4. The highest BCUT2D eigenvalue weighted by Gasteiger charge is 2.17. The Hall–Kier alpha value is -0.570. The lowest BCUT2D eigenvalue weighted by Gasteiger charge is -2.27. The second kappa shape index (κ2) is 6.83. The molecule has 3 nitrogen and oxygen atoms in total. The fourth-order valence-electron chi connectivity index (χ4n) is 1.92. The van der Waals surface area contributed by atoms with Crippen LogP contribution in [-0.4, -0.2) is 25.0 Å². The lowest BCUT2D eigenvalue weighted by Crippen LogP contribution is -2.41. The van der Waals surface area contributed by atoms with Crippen LogP contribution < -0.4 is 10.6 Å². The summed E-state index contributed by atoms with van der Waals surface area (Å²) in [6.07, 6.45) is 5.26. The smallest absolute Gasteiger partial charge is 0.220 e. The third-order valence-electron chi connectivity index (χ3n) is 3.11. The lowest BCUT2D eigenvalue weighted by molar-refractivity contribution is -0.121. The van der Waals surface area contributed by atoms with Gasteiger partial charge in [-0.25, -0.2) is 0 Å². The summed E-state index contributed by atoms with van der Waals surface area (Å²) in [7, 11) is 0. The Labute approximate surface area is 93.0 Å². The van der Waals surface area contributed by atoms with Crippen molar-refractivity contribution < 1.29 is 4.79 Å². The van der Waals surface area contributed by atoms with Gasteiger partial charge in [0.05, 0.1) is 0 Å². The molecule has 15 heavy (non-hydrogen) atoms. The standard InChI is InChI=1S/C12H24N2O/c1-3-4-5-12(15)14-9-11-7-6-10(2)13-8-11/h10-11,13H,3-9H2,1-2H3,(H,14,15). The molecule has 1 aliphatic heterocycles. The lowest BCUT2D eigenvalue weighted by atomic mass is 9.95. The summed E-state index contributed by atoms with van der Waals surface area (Å²) in [6.45, 7) is 6.23. The molecule has 1 aliphatic rings. The highest BCUT2D eigenvalue weighted by molar-refractivity contribution is 5.75. The van der Waals surface area contributed by atoms with Gasteiger partial charge in [0.25, 0.3) is 0 Å². The number of amides is 1. The Kier molecular flexibility index (Phi) is 5.69. The Bertz CT molecular complexity index is 186. The maximum Gasteiger partial charge on any atom is 0.220 e. The maximum atomic E-state index is 11.4. The highest BCUT2D eigenvalue weighted by Crippen LogP contribution is 2.12. The molecule has 2 unspecified atom stereocenters. The van der Waals surface area contributed by atoms with E-state index in [0.717, 1.165) is 25.9 Å². The second-order valence-electron chi connectivity index (χ2n) is 4.66. The Balaban J connectivity index is 2.06. The van der Waals surface area contributed by atoms with Gasteiger partial charge in [-0.3, -0.25) is 4.79 Å². The van der Waals surface area contributed by atoms with E-state index in [2.05, 4.69) is 24.5 Å². The van der Waals surface area contributed by atoms with Crippen LogP contribution in [0, 0.1) is 5.92 Å². The van der Waals surface area contributed by atoms with Crippen LogP contribution in [0.5, 0.6) is 0 Å². The SMILES string of the molecule is CCCCC(=O)NCC1CCC(C)NC1. The summed E-state index contributed by atoms with van der Waals surface area (Å²) in [5, 5.41) is 6.47. The zero-order chi connectivity index (χ0) is 11.1. The minimum atomic E-state index is 0.218. The van der Waals surface area contributed by atoms with E-state index in [9.17, 15) is 4.79 Å². The van der Waals surface area contributed by atoms with Gasteiger partial charge in [-0.05, 0) is 38.6 Å². The second-order valence-corrected chi connectivity index (χ2v) is 4.66. The van der Waals surface area contributed by atoms with Crippen molar-refractivity contribution in [2.45, 2.75) is 52.0 Å². The first-order valence-electron chi connectivity index (χ1n) is 6.22. The number of unbranched alkanes of at least 4 members (excludes halogenated alkanes) is 1. The van der Waals surface area contributed by atoms with Crippen LogP contribution in [0.4, 0.5) is 0 Å². The summed E-state index contributed by atoms with van der Waals surface area (Å²) in [5.41, 5.74) is 0. The molecular formula is C12H24N2O. The van der Waals surface area contributed by atoms with E-state index in [1.807, 2.05) is 0 Å². The van der Waals surface area contributed by atoms with Gasteiger partial charge >= 0.3 is 0 Å². The van der Waals surface area contributed by atoms with Crippen LogP contribution in [0.3, 0.4) is 0 Å². The molecule has 1 heterocycles. The molecule has 1 saturated heterocycles. The predicted molar refractivity (Wildman–Crippen MR) is 62.7 cm³/mol. The van der Waals surface area contributed by atoms with Crippen LogP contribution >= 0.6 is 0 Å². The minimum Gasteiger partial charge on any atom is -0.356 e. The number of piperidine rings is 1. The molecule has 0 saturated carbocycles. The molecule has 0 spiro atoms. The molecule has 0 aromatic rings. The van der Waals surface area contributed by atoms with Crippen LogP contribution in [0.1, 0.15) is 46.0 Å². The zero-order valence-corrected chi connectivity index (χ0v) is 10.0. The van der Waals surface area contributed by atoms with Gasteiger partial charge in [0, 0.05) is 19.0 Å². The van der Waals surface area contributed by atoms with Crippen molar-refractivity contribution in [2.24, 2.45) is 5.92 Å². The van der Waals surface area contributed by atoms with Crippen molar-refractivity contribution in [3.8, 4) is 0 Å². The van der Waals surface area contributed by atoms with E-state index < -0.39 is 0 Å². The number of rotatable bonds is 5. The number of nitrogens with one attached hydrogen (secondary N) is 2. The average molecular weight is 212 g/mol. The molecule has 1 amide bonds. The summed E-state index contributed by atoms with van der Waals surface area (Å²) >= 11 is 0. The third-order valence-corrected chi connectivity index (χ3v) is 3.11. The zero-order valence-electron chi connectivity index (χ0n) is 10.0. The summed E-state index contributed by atoms with van der Waals surface area (Å²) in [4.78, 5) is 11.4. The van der Waals surface area contributed by atoms with E-state index in [1.165, 1.54) is 12.8 Å². The van der Waals surface area contributed by atoms with E-state index in [1.54, 1.807) is 0 Å². The summed E-state index contributed by atoms with van der Waals surface area (Å²) in [5.74, 6) is 0.849. The first-order chi connectivity index (χ1) is 7.22. The van der Waals surface area contributed by atoms with Crippen molar-refractivity contribution in [3.63, 3.8) is 0 Å². The van der Waals surface area contributed by atoms with Crippen LogP contribution in [0.2, 0.25) is 0 Å². The molecule has 2 atom stereocenters. The Morgan fingerprint density at radius 3 is 2.87 bits per heavy atom. The Morgan fingerprint density at radius 1 is 1.47 bits per heavy atom. The first-order valence-corrected chi connectivity index (χ1v) is 6.22. The fourth-order valence-corrected chi connectivity index (χ4v) is 1.92. The molecule has 1 rings (SSSR count). The molecule has 3 heteroatoms. The molecule has 0 aromatic carbocycles. The van der Waals surface area contributed by atoms with Gasteiger partial charge < -0.3 is 10.6 Å². The minimum absolute atomic E-state index is 0.218. The number of hydrogen-bond donors (Lipinski definition) is 2. The monoisotopic (exact) mass is 212 g/mol. The van der Waals surface area contributed by atoms with Gasteiger partial charge in [-0.1, -0.05) is 13.3 Å². The number of hydrogen-bond acceptors (Lipinski definition) is 2. The fraction of sp³-hybridized carbons (Fsp3) is 0.917. The van der Waals surface area contributed by atoms with E-state index in [0.29, 0.717) is 18.4 Å². The Morgan fingerprint density at radius 2 is 2.27 bits per heavy atom. The molecule has 1 fully saturated rings. The molecular weight excluding hydrogens is 188 g/mol. The van der Waals surface area contributed by atoms with Crippen LogP contribution in [0.15, 0.2) is 0 Å². The number of carbonyl (C=O) groups is 1. The van der Waals surface area contributed by atoms with Crippen molar-refractivity contribution in [2.75, 3.05) is 13.1 Å². The van der Waals surface area contributed by atoms with E-state index in [4.69, 9.17) is 0 Å². The van der Waals surface area contributed by atoms with E-state index in [-0.39, 0.29) is 5.91 Å². The largest absolute Gasteiger partial charge is 0.356 e. The van der Waals surface area contributed by atoms with Crippen LogP contribution in [-0.2, 0) is 4.79 Å². The quantitative estimate of drug-likeness (QED) is 0.728. The third kappa shape index (κ3) is 5.17. The molecule has 0 bridgehead atoms. The molecule has 0 aromatic heterocycles. The molecule has 0 radical (unpaired) electrons. The van der Waals surface area contributed by atoms with Gasteiger partial charge in [0.15, 0.2) is 0 Å². The first kappa shape index (κ1) is 12.5. The normalized spacial score (nSPS) is 26.3. The van der Waals surface area contributed by atoms with Crippen molar-refractivity contribution in [1.82, 2.24) is 10.6 Å².